The van der Waals surface area contributed by atoms with Crippen LogP contribution in [0.25, 0.3) is 10.8 Å². The number of hydrogen-bond donors (Lipinski definition) is 1. The number of hydrogen-bond acceptors (Lipinski definition) is 8. The summed E-state index contributed by atoms with van der Waals surface area (Å²) in [6.07, 6.45) is -1.33. The SMILES string of the molecule is Cc1oc(-c2cccs2)nc1CC(=O)OC(C)C(=O)Nc1cc([N+](=O)[O-])ccc1Cl. The Morgan fingerprint density at radius 3 is 2.83 bits per heavy atom. The fourth-order valence-corrected chi connectivity index (χ4v) is 3.30. The van der Waals surface area contributed by atoms with E-state index in [1.165, 1.54) is 30.4 Å². The molecule has 1 N–H and O–H groups in total. The maximum Gasteiger partial charge on any atom is 0.312 e. The topological polar surface area (TPSA) is 125 Å². The number of nitro groups is 1. The molecule has 9 nitrogen and oxygen atoms in total. The minimum Gasteiger partial charge on any atom is -0.452 e. The number of thiophene rings is 1. The van der Waals surface area contributed by atoms with Crippen molar-refractivity contribution in [1.29, 1.82) is 0 Å². The molecule has 0 saturated carbocycles. The van der Waals surface area contributed by atoms with Crippen LogP contribution in [0.15, 0.2) is 40.1 Å². The lowest BCUT2D eigenvalue weighted by Gasteiger charge is -2.14. The van der Waals surface area contributed by atoms with Crippen molar-refractivity contribution in [2.24, 2.45) is 0 Å². The van der Waals surface area contributed by atoms with Crippen molar-refractivity contribution in [3.8, 4) is 10.8 Å². The van der Waals surface area contributed by atoms with E-state index in [-0.39, 0.29) is 22.8 Å². The Balaban J connectivity index is 1.61. The molecule has 0 bridgehead atoms. The predicted molar refractivity (Wildman–Crippen MR) is 111 cm³/mol. The van der Waals surface area contributed by atoms with E-state index in [1.54, 1.807) is 6.92 Å². The lowest BCUT2D eigenvalue weighted by molar-refractivity contribution is -0.384. The number of benzene rings is 1. The first-order valence-electron chi connectivity index (χ1n) is 8.69. The Morgan fingerprint density at radius 1 is 1.40 bits per heavy atom. The van der Waals surface area contributed by atoms with Gasteiger partial charge in [0, 0.05) is 12.1 Å². The van der Waals surface area contributed by atoms with Gasteiger partial charge in [0.15, 0.2) is 6.10 Å². The Kier molecular flexibility index (Phi) is 6.48. The number of esters is 1. The molecular weight excluding hydrogens is 434 g/mol. The number of rotatable bonds is 7. The van der Waals surface area contributed by atoms with Gasteiger partial charge in [-0.25, -0.2) is 4.98 Å². The van der Waals surface area contributed by atoms with Gasteiger partial charge in [0.05, 0.1) is 32.6 Å². The van der Waals surface area contributed by atoms with Gasteiger partial charge in [0.25, 0.3) is 11.6 Å². The summed E-state index contributed by atoms with van der Waals surface area (Å²) >= 11 is 7.42. The molecule has 3 aromatic rings. The highest BCUT2D eigenvalue weighted by Crippen LogP contribution is 2.27. The van der Waals surface area contributed by atoms with Crippen molar-refractivity contribution in [2.75, 3.05) is 5.32 Å². The van der Waals surface area contributed by atoms with Crippen LogP contribution in [-0.2, 0) is 20.7 Å². The molecule has 1 amide bonds. The number of amides is 1. The number of aryl methyl sites for hydroxylation is 1. The second-order valence-electron chi connectivity index (χ2n) is 6.22. The molecule has 0 aliphatic rings. The fraction of sp³-hybridized carbons (Fsp3) is 0.211. The largest absolute Gasteiger partial charge is 0.452 e. The number of anilines is 1. The zero-order valence-electron chi connectivity index (χ0n) is 15.9. The molecule has 11 heteroatoms. The van der Waals surface area contributed by atoms with E-state index >= 15 is 0 Å². The van der Waals surface area contributed by atoms with Crippen LogP contribution in [0.4, 0.5) is 11.4 Å². The van der Waals surface area contributed by atoms with E-state index in [1.807, 2.05) is 17.5 Å². The molecule has 0 spiro atoms. The van der Waals surface area contributed by atoms with Gasteiger partial charge in [-0.05, 0) is 31.4 Å². The zero-order valence-corrected chi connectivity index (χ0v) is 17.5. The van der Waals surface area contributed by atoms with Gasteiger partial charge in [0.2, 0.25) is 5.89 Å². The molecule has 1 aromatic carbocycles. The van der Waals surface area contributed by atoms with Crippen LogP contribution in [0.5, 0.6) is 0 Å². The number of oxazole rings is 1. The fourth-order valence-electron chi connectivity index (χ4n) is 2.48. The highest BCUT2D eigenvalue weighted by molar-refractivity contribution is 7.13. The number of carbonyl (C=O) groups excluding carboxylic acids is 2. The summed E-state index contributed by atoms with van der Waals surface area (Å²) in [7, 11) is 0. The quantitative estimate of drug-likeness (QED) is 0.322. The molecule has 3 rings (SSSR count). The first-order chi connectivity index (χ1) is 14.2. The number of nitrogens with one attached hydrogen (secondary N) is 1. The maximum atomic E-state index is 12.3. The summed E-state index contributed by atoms with van der Waals surface area (Å²) in [5, 5.41) is 15.3. The van der Waals surface area contributed by atoms with Crippen LogP contribution in [0, 0.1) is 17.0 Å². The van der Waals surface area contributed by atoms with Crippen molar-refractivity contribution >= 4 is 46.2 Å². The van der Waals surface area contributed by atoms with Crippen molar-refractivity contribution in [2.45, 2.75) is 26.4 Å². The van der Waals surface area contributed by atoms with Gasteiger partial charge < -0.3 is 14.5 Å². The van der Waals surface area contributed by atoms with Crippen LogP contribution < -0.4 is 5.32 Å². The van der Waals surface area contributed by atoms with E-state index < -0.39 is 22.9 Å². The zero-order chi connectivity index (χ0) is 21.8. The summed E-state index contributed by atoms with van der Waals surface area (Å²) in [5.41, 5.74) is 0.229. The summed E-state index contributed by atoms with van der Waals surface area (Å²) in [6, 6.07) is 7.35. The van der Waals surface area contributed by atoms with E-state index in [9.17, 15) is 19.7 Å². The van der Waals surface area contributed by atoms with Gasteiger partial charge in [-0.2, -0.15) is 0 Å². The van der Waals surface area contributed by atoms with Gasteiger partial charge >= 0.3 is 5.97 Å². The van der Waals surface area contributed by atoms with Crippen molar-refractivity contribution in [3.05, 3.63) is 62.3 Å². The maximum absolute atomic E-state index is 12.3. The highest BCUT2D eigenvalue weighted by Gasteiger charge is 2.22. The van der Waals surface area contributed by atoms with Gasteiger partial charge in [-0.1, -0.05) is 17.7 Å². The predicted octanol–water partition coefficient (Wildman–Crippen LogP) is 4.39. The summed E-state index contributed by atoms with van der Waals surface area (Å²) in [6.45, 7) is 3.07. The molecule has 0 aliphatic carbocycles. The number of carbonyl (C=O) groups is 2. The second-order valence-corrected chi connectivity index (χ2v) is 7.57. The van der Waals surface area contributed by atoms with Crippen LogP contribution in [0.2, 0.25) is 5.02 Å². The first kappa shape index (κ1) is 21.5. The highest BCUT2D eigenvalue weighted by atomic mass is 35.5. The normalized spacial score (nSPS) is 11.7. The van der Waals surface area contributed by atoms with Crippen LogP contribution >= 0.6 is 22.9 Å². The van der Waals surface area contributed by atoms with Gasteiger partial charge in [-0.15, -0.1) is 11.3 Å². The Morgan fingerprint density at radius 2 is 2.17 bits per heavy atom. The molecule has 1 atom stereocenters. The molecule has 0 fully saturated rings. The molecule has 30 heavy (non-hydrogen) atoms. The standard InChI is InChI=1S/C19H16ClN3O6S/c1-10-14(22-19(29-10)16-4-3-7-30-16)9-17(24)28-11(2)18(25)21-15-8-12(23(26)27)5-6-13(15)20/h3-8,11H,9H2,1-2H3,(H,21,25). The molecule has 0 radical (unpaired) electrons. The number of aromatic nitrogens is 1. The minimum absolute atomic E-state index is 0.0479. The molecule has 2 heterocycles. The smallest absolute Gasteiger partial charge is 0.312 e. The number of ether oxygens (including phenoxy) is 1. The monoisotopic (exact) mass is 449 g/mol. The van der Waals surface area contributed by atoms with Crippen molar-refractivity contribution in [3.63, 3.8) is 0 Å². The summed E-state index contributed by atoms with van der Waals surface area (Å²) < 4.78 is 10.7. The second kappa shape index (κ2) is 9.06. The van der Waals surface area contributed by atoms with E-state index in [0.29, 0.717) is 17.3 Å². The van der Waals surface area contributed by atoms with Crippen molar-refractivity contribution < 1.29 is 23.7 Å². The third-order valence-electron chi connectivity index (χ3n) is 4.03. The molecule has 0 saturated heterocycles. The number of nitro benzene ring substituents is 1. The lowest BCUT2D eigenvalue weighted by Crippen LogP contribution is -2.30. The molecular formula is C19H16ClN3O6S. The Labute approximate surface area is 179 Å². The number of nitrogens with zero attached hydrogens (tertiary/aromatic N) is 2. The first-order valence-corrected chi connectivity index (χ1v) is 9.95. The average Bonchev–Trinajstić information content (AvgIpc) is 3.33. The van der Waals surface area contributed by atoms with E-state index in [0.717, 1.165) is 10.9 Å². The minimum atomic E-state index is -1.16. The van der Waals surface area contributed by atoms with Crippen LogP contribution in [0.3, 0.4) is 0 Å². The third kappa shape index (κ3) is 5.02. The van der Waals surface area contributed by atoms with E-state index in [4.69, 9.17) is 20.8 Å². The molecule has 156 valence electrons. The van der Waals surface area contributed by atoms with Crippen LogP contribution in [-0.4, -0.2) is 27.9 Å². The van der Waals surface area contributed by atoms with Gasteiger partial charge in [0.1, 0.15) is 5.76 Å². The van der Waals surface area contributed by atoms with E-state index in [2.05, 4.69) is 10.3 Å². The Hall–Kier alpha value is -3.24. The average molecular weight is 450 g/mol. The third-order valence-corrected chi connectivity index (χ3v) is 5.22. The number of non-ortho nitro benzene ring substituents is 1. The molecule has 1 unspecified atom stereocenters. The Bertz CT molecular complexity index is 1100. The molecule has 2 aromatic heterocycles. The summed E-state index contributed by atoms with van der Waals surface area (Å²) in [5.74, 6) is -0.453. The molecule has 0 aliphatic heterocycles. The van der Waals surface area contributed by atoms with Gasteiger partial charge in [-0.3, -0.25) is 19.7 Å². The number of halogens is 1. The van der Waals surface area contributed by atoms with Crippen molar-refractivity contribution in [1.82, 2.24) is 4.98 Å². The lowest BCUT2D eigenvalue weighted by atomic mass is 10.2. The van der Waals surface area contributed by atoms with Crippen LogP contribution in [0.1, 0.15) is 18.4 Å². The summed E-state index contributed by atoms with van der Waals surface area (Å²) in [4.78, 5) is 40.0.